The number of ether oxygens (including phenoxy) is 2. The largest absolute Gasteiger partial charge is 0.494 e. The van der Waals surface area contributed by atoms with Gasteiger partial charge in [-0.15, -0.1) is 0 Å². The van der Waals surface area contributed by atoms with Crippen LogP contribution < -0.4 is 19.5 Å². The standard InChI is InChI=1S/C23H23BrN2O5S/c1-3-30-20-9-7-18(8-10-20)26-32(28,29)21-11-12-22(16(2)13-21)31-15-23(27)25-19-6-4-5-17(24)14-19/h4-14,26H,3,15H2,1-2H3,(H,25,27). The van der Waals surface area contributed by atoms with Gasteiger partial charge < -0.3 is 14.8 Å². The molecule has 2 N–H and O–H groups in total. The molecule has 32 heavy (non-hydrogen) atoms. The number of hydrogen-bond donors (Lipinski definition) is 2. The maximum atomic E-state index is 12.7. The number of halogens is 1. The summed E-state index contributed by atoms with van der Waals surface area (Å²) in [5.74, 6) is 0.766. The molecule has 0 atom stereocenters. The van der Waals surface area contributed by atoms with Crippen molar-refractivity contribution < 1.29 is 22.7 Å². The third-order valence-corrected chi connectivity index (χ3v) is 6.21. The second-order valence-corrected chi connectivity index (χ2v) is 9.44. The van der Waals surface area contributed by atoms with E-state index in [4.69, 9.17) is 9.47 Å². The van der Waals surface area contributed by atoms with Crippen LogP contribution >= 0.6 is 15.9 Å². The molecule has 0 saturated carbocycles. The lowest BCUT2D eigenvalue weighted by Crippen LogP contribution is -2.20. The van der Waals surface area contributed by atoms with Gasteiger partial charge in [0.25, 0.3) is 15.9 Å². The zero-order chi connectivity index (χ0) is 23.1. The summed E-state index contributed by atoms with van der Waals surface area (Å²) in [7, 11) is -3.78. The van der Waals surface area contributed by atoms with Crippen molar-refractivity contribution in [3.63, 3.8) is 0 Å². The van der Waals surface area contributed by atoms with Gasteiger partial charge >= 0.3 is 0 Å². The average Bonchev–Trinajstić information content (AvgIpc) is 2.74. The Morgan fingerprint density at radius 1 is 0.969 bits per heavy atom. The first kappa shape index (κ1) is 23.6. The van der Waals surface area contributed by atoms with Crippen molar-refractivity contribution in [3.8, 4) is 11.5 Å². The molecule has 168 valence electrons. The first-order chi connectivity index (χ1) is 15.3. The summed E-state index contributed by atoms with van der Waals surface area (Å²) in [6.07, 6.45) is 0. The molecule has 3 rings (SSSR count). The Hall–Kier alpha value is -3.04. The topological polar surface area (TPSA) is 93.7 Å². The molecule has 0 aromatic heterocycles. The summed E-state index contributed by atoms with van der Waals surface area (Å²) >= 11 is 3.35. The van der Waals surface area contributed by atoms with Crippen LogP contribution in [0, 0.1) is 6.92 Å². The molecule has 0 aliphatic heterocycles. The van der Waals surface area contributed by atoms with Crippen LogP contribution in [0.4, 0.5) is 11.4 Å². The molecule has 0 unspecified atom stereocenters. The summed E-state index contributed by atoms with van der Waals surface area (Å²) in [5.41, 5.74) is 1.66. The molecule has 7 nitrogen and oxygen atoms in total. The van der Waals surface area contributed by atoms with Gasteiger partial charge in [0.2, 0.25) is 0 Å². The van der Waals surface area contributed by atoms with Gasteiger partial charge in [-0.25, -0.2) is 8.42 Å². The van der Waals surface area contributed by atoms with Crippen molar-refractivity contribution in [2.45, 2.75) is 18.7 Å². The minimum Gasteiger partial charge on any atom is -0.494 e. The minimum atomic E-state index is -3.78. The Morgan fingerprint density at radius 2 is 1.72 bits per heavy atom. The number of hydrogen-bond acceptors (Lipinski definition) is 5. The lowest BCUT2D eigenvalue weighted by Gasteiger charge is -2.13. The molecule has 3 aromatic carbocycles. The van der Waals surface area contributed by atoms with E-state index in [0.29, 0.717) is 35.0 Å². The Balaban J connectivity index is 1.62. The monoisotopic (exact) mass is 518 g/mol. The Labute approximate surface area is 195 Å². The van der Waals surface area contributed by atoms with E-state index in [1.165, 1.54) is 18.2 Å². The molecule has 0 spiro atoms. The highest BCUT2D eigenvalue weighted by Crippen LogP contribution is 2.24. The minimum absolute atomic E-state index is 0.0924. The van der Waals surface area contributed by atoms with Gasteiger partial charge in [0.1, 0.15) is 11.5 Å². The molecule has 0 heterocycles. The third kappa shape index (κ3) is 6.48. The number of aryl methyl sites for hydroxylation is 1. The summed E-state index contributed by atoms with van der Waals surface area (Å²) in [6.45, 7) is 3.92. The summed E-state index contributed by atoms with van der Waals surface area (Å²) in [5, 5.41) is 2.74. The summed E-state index contributed by atoms with van der Waals surface area (Å²) in [4.78, 5) is 12.2. The maximum Gasteiger partial charge on any atom is 0.262 e. The fourth-order valence-corrected chi connectivity index (χ4v) is 4.40. The molecule has 0 bridgehead atoms. The maximum absolute atomic E-state index is 12.7. The molecule has 9 heteroatoms. The van der Waals surface area contributed by atoms with E-state index in [-0.39, 0.29) is 17.4 Å². The van der Waals surface area contributed by atoms with E-state index < -0.39 is 10.0 Å². The predicted molar refractivity (Wildman–Crippen MR) is 128 cm³/mol. The Morgan fingerprint density at radius 3 is 2.38 bits per heavy atom. The molecular weight excluding hydrogens is 496 g/mol. The quantitative estimate of drug-likeness (QED) is 0.416. The van der Waals surface area contributed by atoms with E-state index in [1.807, 2.05) is 19.1 Å². The third-order valence-electron chi connectivity index (χ3n) is 4.34. The van der Waals surface area contributed by atoms with Crippen LogP contribution in [0.1, 0.15) is 12.5 Å². The zero-order valence-electron chi connectivity index (χ0n) is 17.6. The lowest BCUT2D eigenvalue weighted by molar-refractivity contribution is -0.118. The number of carbonyl (C=O) groups is 1. The van der Waals surface area contributed by atoms with Gasteiger partial charge in [-0.3, -0.25) is 9.52 Å². The summed E-state index contributed by atoms with van der Waals surface area (Å²) < 4.78 is 39.8. The van der Waals surface area contributed by atoms with Crippen LogP contribution in [0.3, 0.4) is 0 Å². The number of rotatable bonds is 9. The van der Waals surface area contributed by atoms with E-state index >= 15 is 0 Å². The molecule has 0 aliphatic carbocycles. The first-order valence-electron chi connectivity index (χ1n) is 9.81. The van der Waals surface area contributed by atoms with Gasteiger partial charge in [0.05, 0.1) is 11.5 Å². The second kappa shape index (κ2) is 10.5. The van der Waals surface area contributed by atoms with Crippen LogP contribution in [0.15, 0.2) is 76.1 Å². The van der Waals surface area contributed by atoms with Crippen LogP contribution in [0.2, 0.25) is 0 Å². The molecule has 1 amide bonds. The van der Waals surface area contributed by atoms with Crippen molar-refractivity contribution in [1.82, 2.24) is 0 Å². The van der Waals surface area contributed by atoms with Crippen molar-refractivity contribution in [2.75, 3.05) is 23.3 Å². The van der Waals surface area contributed by atoms with Gasteiger partial charge in [0, 0.05) is 15.8 Å². The van der Waals surface area contributed by atoms with Crippen molar-refractivity contribution >= 4 is 43.2 Å². The fraction of sp³-hybridized carbons (Fsp3) is 0.174. The highest BCUT2D eigenvalue weighted by molar-refractivity contribution is 9.10. The van der Waals surface area contributed by atoms with Crippen LogP contribution in [-0.2, 0) is 14.8 Å². The molecule has 3 aromatic rings. The normalized spacial score (nSPS) is 11.0. The SMILES string of the molecule is CCOc1ccc(NS(=O)(=O)c2ccc(OCC(=O)Nc3cccc(Br)c3)c(C)c2)cc1. The smallest absolute Gasteiger partial charge is 0.262 e. The molecule has 0 radical (unpaired) electrons. The molecular formula is C23H23BrN2O5S. The molecule has 0 fully saturated rings. The van der Waals surface area contributed by atoms with Crippen molar-refractivity contribution in [3.05, 3.63) is 76.8 Å². The lowest BCUT2D eigenvalue weighted by atomic mass is 10.2. The van der Waals surface area contributed by atoms with E-state index in [2.05, 4.69) is 26.0 Å². The average molecular weight is 519 g/mol. The number of amides is 1. The number of nitrogens with one attached hydrogen (secondary N) is 2. The van der Waals surface area contributed by atoms with Gasteiger partial charge in [-0.2, -0.15) is 0 Å². The second-order valence-electron chi connectivity index (χ2n) is 6.84. The van der Waals surface area contributed by atoms with Gasteiger partial charge in [0.15, 0.2) is 6.61 Å². The van der Waals surface area contributed by atoms with Crippen LogP contribution in [0.5, 0.6) is 11.5 Å². The molecule has 0 saturated heterocycles. The van der Waals surface area contributed by atoms with Gasteiger partial charge in [-0.1, -0.05) is 22.0 Å². The van der Waals surface area contributed by atoms with Crippen molar-refractivity contribution in [2.24, 2.45) is 0 Å². The Bertz CT molecular complexity index is 1200. The number of carbonyl (C=O) groups excluding carboxylic acids is 1. The Kier molecular flexibility index (Phi) is 7.76. The summed E-state index contributed by atoms with van der Waals surface area (Å²) in [6, 6.07) is 18.4. The highest BCUT2D eigenvalue weighted by atomic mass is 79.9. The van der Waals surface area contributed by atoms with Crippen LogP contribution in [0.25, 0.3) is 0 Å². The zero-order valence-corrected chi connectivity index (χ0v) is 20.0. The van der Waals surface area contributed by atoms with Crippen LogP contribution in [-0.4, -0.2) is 27.5 Å². The van der Waals surface area contributed by atoms with E-state index in [0.717, 1.165) is 4.47 Å². The number of sulfonamides is 1. The molecule has 0 aliphatic rings. The predicted octanol–water partition coefficient (Wildman–Crippen LogP) is 4.97. The van der Waals surface area contributed by atoms with E-state index in [1.54, 1.807) is 43.3 Å². The highest BCUT2D eigenvalue weighted by Gasteiger charge is 2.16. The van der Waals surface area contributed by atoms with E-state index in [9.17, 15) is 13.2 Å². The van der Waals surface area contributed by atoms with Gasteiger partial charge in [-0.05, 0) is 80.1 Å². The first-order valence-corrected chi connectivity index (χ1v) is 12.1. The fourth-order valence-electron chi connectivity index (χ4n) is 2.86. The number of benzene rings is 3. The number of anilines is 2. The van der Waals surface area contributed by atoms with Crippen molar-refractivity contribution in [1.29, 1.82) is 0 Å².